The maximum atomic E-state index is 5.97. The van der Waals surface area contributed by atoms with Gasteiger partial charge >= 0.3 is 0 Å². The molecular weight excluding hydrogens is 228 g/mol. The van der Waals surface area contributed by atoms with Gasteiger partial charge in [0, 0.05) is 6.04 Å². The molecule has 0 saturated carbocycles. The van der Waals surface area contributed by atoms with E-state index in [9.17, 15) is 0 Å². The quantitative estimate of drug-likeness (QED) is 0.825. The number of nitrogens with two attached hydrogens (primary N) is 1. The van der Waals surface area contributed by atoms with Crippen LogP contribution in [0, 0.1) is 0 Å². The van der Waals surface area contributed by atoms with Gasteiger partial charge in [0.05, 0.1) is 5.69 Å². The third kappa shape index (κ3) is 3.44. The summed E-state index contributed by atoms with van der Waals surface area (Å²) >= 11 is 3.33. The number of rotatable bonds is 4. The van der Waals surface area contributed by atoms with Crippen molar-refractivity contribution in [3.63, 3.8) is 0 Å². The fraction of sp³-hybridized carbons (Fsp3) is 0.500. The first-order valence-electron chi connectivity index (χ1n) is 4.62. The van der Waals surface area contributed by atoms with Crippen LogP contribution >= 0.6 is 15.9 Å². The summed E-state index contributed by atoms with van der Waals surface area (Å²) in [5, 5.41) is 0. The van der Waals surface area contributed by atoms with Crippen molar-refractivity contribution < 1.29 is 0 Å². The van der Waals surface area contributed by atoms with Gasteiger partial charge in [-0.05, 0) is 34.5 Å². The van der Waals surface area contributed by atoms with Crippen molar-refractivity contribution in [1.82, 2.24) is 4.98 Å². The molecule has 0 saturated heterocycles. The van der Waals surface area contributed by atoms with Crippen molar-refractivity contribution in [2.45, 2.75) is 32.2 Å². The normalized spacial score (nSPS) is 12.8. The molecule has 2 N–H and O–H groups in total. The number of hydrogen-bond donors (Lipinski definition) is 1. The molecule has 1 aromatic rings. The molecule has 0 aromatic carbocycles. The van der Waals surface area contributed by atoms with Crippen molar-refractivity contribution in [1.29, 1.82) is 0 Å². The predicted molar refractivity (Wildman–Crippen MR) is 58.4 cm³/mol. The molecule has 1 heterocycles. The predicted octanol–water partition coefficient (Wildman–Crippen LogP) is 3.03. The van der Waals surface area contributed by atoms with E-state index in [1.807, 2.05) is 18.2 Å². The zero-order valence-corrected chi connectivity index (χ0v) is 9.42. The molecule has 72 valence electrons. The largest absolute Gasteiger partial charge is 0.323 e. The lowest BCUT2D eigenvalue weighted by Crippen LogP contribution is -2.11. The summed E-state index contributed by atoms with van der Waals surface area (Å²) in [6.07, 6.45) is 3.36. The smallest absolute Gasteiger partial charge is 0.106 e. The molecule has 2 nitrogen and oxygen atoms in total. The number of halogens is 1. The minimum atomic E-state index is 0.0810. The van der Waals surface area contributed by atoms with Crippen molar-refractivity contribution in [3.8, 4) is 0 Å². The molecule has 0 aliphatic heterocycles. The van der Waals surface area contributed by atoms with Gasteiger partial charge in [-0.15, -0.1) is 0 Å². The minimum Gasteiger partial charge on any atom is -0.323 e. The first kappa shape index (κ1) is 10.7. The molecule has 0 spiro atoms. The zero-order valence-electron chi connectivity index (χ0n) is 7.83. The Hall–Kier alpha value is -0.410. The van der Waals surface area contributed by atoms with E-state index in [0.29, 0.717) is 0 Å². The zero-order chi connectivity index (χ0) is 9.68. The lowest BCUT2D eigenvalue weighted by Gasteiger charge is -2.09. The van der Waals surface area contributed by atoms with E-state index in [1.165, 1.54) is 6.42 Å². The third-order valence-corrected chi connectivity index (χ3v) is 2.43. The Bertz CT molecular complexity index is 263. The van der Waals surface area contributed by atoms with E-state index < -0.39 is 0 Å². The highest BCUT2D eigenvalue weighted by atomic mass is 79.9. The highest BCUT2D eigenvalue weighted by Crippen LogP contribution is 2.16. The van der Waals surface area contributed by atoms with Crippen LogP contribution in [0.4, 0.5) is 0 Å². The number of pyridine rings is 1. The highest BCUT2D eigenvalue weighted by molar-refractivity contribution is 9.10. The van der Waals surface area contributed by atoms with E-state index in [1.54, 1.807) is 0 Å². The van der Waals surface area contributed by atoms with Crippen molar-refractivity contribution >= 4 is 15.9 Å². The summed E-state index contributed by atoms with van der Waals surface area (Å²) in [6.45, 7) is 2.17. The third-order valence-electron chi connectivity index (χ3n) is 1.99. The average Bonchev–Trinajstić information content (AvgIpc) is 2.14. The van der Waals surface area contributed by atoms with Crippen LogP contribution in [0.25, 0.3) is 0 Å². The Labute approximate surface area is 87.7 Å². The summed E-state index contributed by atoms with van der Waals surface area (Å²) in [5.74, 6) is 0. The van der Waals surface area contributed by atoms with Crippen LogP contribution in [-0.4, -0.2) is 4.98 Å². The maximum absolute atomic E-state index is 5.97. The van der Waals surface area contributed by atoms with Gasteiger partial charge in [0.15, 0.2) is 0 Å². The van der Waals surface area contributed by atoms with Gasteiger partial charge in [0.25, 0.3) is 0 Å². The number of aromatic nitrogens is 1. The van der Waals surface area contributed by atoms with E-state index in [-0.39, 0.29) is 6.04 Å². The summed E-state index contributed by atoms with van der Waals surface area (Å²) in [7, 11) is 0. The molecule has 0 fully saturated rings. The van der Waals surface area contributed by atoms with Gasteiger partial charge in [0.1, 0.15) is 4.60 Å². The van der Waals surface area contributed by atoms with E-state index in [2.05, 4.69) is 27.8 Å². The van der Waals surface area contributed by atoms with Crippen molar-refractivity contribution in [2.24, 2.45) is 5.73 Å². The second-order valence-corrected chi connectivity index (χ2v) is 3.95. The molecule has 0 radical (unpaired) electrons. The second-order valence-electron chi connectivity index (χ2n) is 3.13. The number of nitrogens with zero attached hydrogens (tertiary/aromatic N) is 1. The second kappa shape index (κ2) is 5.35. The molecular formula is C10H15BrN2. The van der Waals surface area contributed by atoms with Gasteiger partial charge in [-0.25, -0.2) is 4.98 Å². The maximum Gasteiger partial charge on any atom is 0.106 e. The molecule has 0 unspecified atom stereocenters. The van der Waals surface area contributed by atoms with E-state index in [0.717, 1.165) is 23.1 Å². The van der Waals surface area contributed by atoms with E-state index in [4.69, 9.17) is 5.73 Å². The molecule has 0 aliphatic rings. The van der Waals surface area contributed by atoms with Crippen LogP contribution in [0.2, 0.25) is 0 Å². The first-order valence-corrected chi connectivity index (χ1v) is 5.41. The Morgan fingerprint density at radius 2 is 2.31 bits per heavy atom. The number of hydrogen-bond acceptors (Lipinski definition) is 2. The standard InChI is InChI=1S/C10H15BrN2/c1-2-3-5-8(12)9-6-4-7-10(11)13-9/h4,6-8H,2-3,5,12H2,1H3/t8-/m1/s1. The molecule has 0 amide bonds. The van der Waals surface area contributed by atoms with Crippen LogP contribution in [0.5, 0.6) is 0 Å². The monoisotopic (exact) mass is 242 g/mol. The minimum absolute atomic E-state index is 0.0810. The highest BCUT2D eigenvalue weighted by Gasteiger charge is 2.06. The van der Waals surface area contributed by atoms with Crippen LogP contribution in [0.3, 0.4) is 0 Å². The van der Waals surface area contributed by atoms with Gasteiger partial charge in [-0.1, -0.05) is 25.8 Å². The topological polar surface area (TPSA) is 38.9 Å². The van der Waals surface area contributed by atoms with Gasteiger partial charge in [-0.2, -0.15) is 0 Å². The fourth-order valence-electron chi connectivity index (χ4n) is 1.20. The molecule has 0 bridgehead atoms. The van der Waals surface area contributed by atoms with Crippen molar-refractivity contribution in [3.05, 3.63) is 28.5 Å². The Morgan fingerprint density at radius 1 is 1.54 bits per heavy atom. The lowest BCUT2D eigenvalue weighted by molar-refractivity contribution is 0.589. The van der Waals surface area contributed by atoms with E-state index >= 15 is 0 Å². The first-order chi connectivity index (χ1) is 6.24. The van der Waals surface area contributed by atoms with Crippen LogP contribution in [0.15, 0.2) is 22.8 Å². The van der Waals surface area contributed by atoms with Gasteiger partial charge < -0.3 is 5.73 Å². The summed E-state index contributed by atoms with van der Waals surface area (Å²) in [4.78, 5) is 4.32. The van der Waals surface area contributed by atoms with Crippen LogP contribution in [-0.2, 0) is 0 Å². The Kier molecular flexibility index (Phi) is 4.39. The lowest BCUT2D eigenvalue weighted by atomic mass is 10.1. The van der Waals surface area contributed by atoms with Gasteiger partial charge in [0.2, 0.25) is 0 Å². The van der Waals surface area contributed by atoms with Crippen LogP contribution < -0.4 is 5.73 Å². The average molecular weight is 243 g/mol. The molecule has 1 aromatic heterocycles. The SMILES string of the molecule is CCCC[C@@H](N)c1cccc(Br)n1. The summed E-state index contributed by atoms with van der Waals surface area (Å²) in [5.41, 5.74) is 6.94. The molecule has 13 heavy (non-hydrogen) atoms. The molecule has 1 rings (SSSR count). The molecule has 3 heteroatoms. The Balaban J connectivity index is 2.60. The Morgan fingerprint density at radius 3 is 2.92 bits per heavy atom. The fourth-order valence-corrected chi connectivity index (χ4v) is 1.56. The number of unbranched alkanes of at least 4 members (excludes halogenated alkanes) is 1. The molecule has 1 atom stereocenters. The van der Waals surface area contributed by atoms with Crippen LogP contribution in [0.1, 0.15) is 37.9 Å². The van der Waals surface area contributed by atoms with Crippen molar-refractivity contribution in [2.75, 3.05) is 0 Å². The summed E-state index contributed by atoms with van der Waals surface area (Å²) < 4.78 is 0.858. The van der Waals surface area contributed by atoms with Gasteiger partial charge in [-0.3, -0.25) is 0 Å². The molecule has 0 aliphatic carbocycles. The summed E-state index contributed by atoms with van der Waals surface area (Å²) in [6, 6.07) is 5.94.